The normalized spacial score (nSPS) is 10.1. The second-order valence-electron chi connectivity index (χ2n) is 3.88. The summed E-state index contributed by atoms with van der Waals surface area (Å²) in [7, 11) is 0. The van der Waals surface area contributed by atoms with E-state index in [-0.39, 0.29) is 16.1 Å². The van der Waals surface area contributed by atoms with E-state index in [1.807, 2.05) is 0 Å². The van der Waals surface area contributed by atoms with Gasteiger partial charge in [0.1, 0.15) is 10.7 Å². The lowest BCUT2D eigenvalue weighted by atomic mass is 10.2. The third-order valence-corrected chi connectivity index (χ3v) is 3.37. The second kappa shape index (κ2) is 5.67. The molecule has 0 saturated heterocycles. The number of non-ortho nitro benzene ring substituents is 1. The number of rotatable bonds is 4. The smallest absolute Gasteiger partial charge is 0.348 e. The fourth-order valence-electron chi connectivity index (χ4n) is 1.58. The first-order valence-electron chi connectivity index (χ1n) is 5.45. The van der Waals surface area contributed by atoms with Crippen molar-refractivity contribution in [1.29, 1.82) is 0 Å². The molecule has 2 aromatic rings. The van der Waals surface area contributed by atoms with Gasteiger partial charge in [-0.2, -0.15) is 0 Å². The number of hydrogen-bond donors (Lipinski definition) is 2. The molecule has 0 atom stereocenters. The van der Waals surface area contributed by atoms with E-state index in [1.165, 1.54) is 11.4 Å². The predicted octanol–water partition coefficient (Wildman–Crippen LogP) is 2.75. The zero-order valence-electron chi connectivity index (χ0n) is 10.2. The molecule has 108 valence electrons. The Morgan fingerprint density at radius 3 is 2.67 bits per heavy atom. The van der Waals surface area contributed by atoms with Gasteiger partial charge in [0.2, 0.25) is 0 Å². The van der Waals surface area contributed by atoms with Gasteiger partial charge in [0.05, 0.1) is 16.7 Å². The summed E-state index contributed by atoms with van der Waals surface area (Å²) >= 11 is 0.909. The molecule has 1 aromatic carbocycles. The largest absolute Gasteiger partial charge is 0.477 e. The molecule has 21 heavy (non-hydrogen) atoms. The predicted molar refractivity (Wildman–Crippen MR) is 72.3 cm³/mol. The van der Waals surface area contributed by atoms with Crippen molar-refractivity contribution in [2.24, 2.45) is 0 Å². The van der Waals surface area contributed by atoms with Gasteiger partial charge in [-0.25, -0.2) is 9.18 Å². The van der Waals surface area contributed by atoms with Crippen molar-refractivity contribution in [3.05, 3.63) is 56.0 Å². The molecule has 0 fully saturated rings. The van der Waals surface area contributed by atoms with E-state index in [0.29, 0.717) is 6.07 Å². The van der Waals surface area contributed by atoms with E-state index < -0.39 is 28.3 Å². The Bertz CT molecular complexity index is 743. The molecular formula is C12H7FN2O5S. The van der Waals surface area contributed by atoms with Crippen LogP contribution in [0.4, 0.5) is 15.8 Å². The number of amides is 1. The van der Waals surface area contributed by atoms with Crippen LogP contribution in [0.25, 0.3) is 0 Å². The molecule has 0 radical (unpaired) electrons. The van der Waals surface area contributed by atoms with Gasteiger partial charge in [-0.15, -0.1) is 11.3 Å². The minimum atomic E-state index is -1.22. The average molecular weight is 310 g/mol. The van der Waals surface area contributed by atoms with Crippen LogP contribution in [-0.4, -0.2) is 21.9 Å². The number of carboxylic acids is 1. The number of anilines is 1. The van der Waals surface area contributed by atoms with Gasteiger partial charge in [-0.3, -0.25) is 14.9 Å². The van der Waals surface area contributed by atoms with Gasteiger partial charge < -0.3 is 10.4 Å². The monoisotopic (exact) mass is 310 g/mol. The van der Waals surface area contributed by atoms with Crippen LogP contribution < -0.4 is 5.32 Å². The molecule has 0 bridgehead atoms. The van der Waals surface area contributed by atoms with Crippen LogP contribution in [0.3, 0.4) is 0 Å². The molecule has 0 spiro atoms. The number of hydrogen-bond acceptors (Lipinski definition) is 5. The standard InChI is InChI=1S/C12H7FN2O5S/c13-7-3-6(4-8(5-7)15(19)20)11(16)14-9-1-2-21-10(9)12(17)18/h1-5H,(H,14,16)(H,17,18). The van der Waals surface area contributed by atoms with Crippen LogP contribution in [0.5, 0.6) is 0 Å². The van der Waals surface area contributed by atoms with Crippen LogP contribution in [0, 0.1) is 15.9 Å². The third kappa shape index (κ3) is 3.20. The van der Waals surface area contributed by atoms with E-state index >= 15 is 0 Å². The zero-order chi connectivity index (χ0) is 15.6. The van der Waals surface area contributed by atoms with E-state index in [1.54, 1.807) is 0 Å². The van der Waals surface area contributed by atoms with E-state index in [9.17, 15) is 24.1 Å². The highest BCUT2D eigenvalue weighted by molar-refractivity contribution is 7.12. The van der Waals surface area contributed by atoms with E-state index in [4.69, 9.17) is 5.11 Å². The van der Waals surface area contributed by atoms with Crippen LogP contribution in [0.2, 0.25) is 0 Å². The average Bonchev–Trinajstić information content (AvgIpc) is 2.86. The van der Waals surface area contributed by atoms with Gasteiger partial charge in [-0.1, -0.05) is 0 Å². The SMILES string of the molecule is O=C(Nc1ccsc1C(=O)O)c1cc(F)cc([N+](=O)[O-])c1. The highest BCUT2D eigenvalue weighted by Crippen LogP contribution is 2.23. The first-order chi connectivity index (χ1) is 9.88. The number of nitrogens with one attached hydrogen (secondary N) is 1. The fraction of sp³-hybridized carbons (Fsp3) is 0. The van der Waals surface area contributed by atoms with Crippen molar-refractivity contribution in [3.8, 4) is 0 Å². The minimum Gasteiger partial charge on any atom is -0.477 e. The van der Waals surface area contributed by atoms with Crippen molar-refractivity contribution in [3.63, 3.8) is 0 Å². The first-order valence-corrected chi connectivity index (χ1v) is 6.33. The number of nitro groups is 1. The molecule has 1 amide bonds. The molecule has 0 aliphatic rings. The second-order valence-corrected chi connectivity index (χ2v) is 4.79. The van der Waals surface area contributed by atoms with E-state index in [0.717, 1.165) is 23.5 Å². The number of nitro benzene ring substituents is 1. The van der Waals surface area contributed by atoms with Crippen molar-refractivity contribution in [2.45, 2.75) is 0 Å². The molecule has 7 nitrogen and oxygen atoms in total. The molecule has 0 aliphatic carbocycles. The number of carbonyl (C=O) groups is 2. The van der Waals surface area contributed by atoms with Gasteiger partial charge in [-0.05, 0) is 17.5 Å². The number of carboxylic acid groups (broad SMARTS) is 1. The van der Waals surface area contributed by atoms with Crippen LogP contribution in [0.1, 0.15) is 20.0 Å². The lowest BCUT2D eigenvalue weighted by Crippen LogP contribution is -2.14. The summed E-state index contributed by atoms with van der Waals surface area (Å²) in [5, 5.41) is 23.3. The van der Waals surface area contributed by atoms with Crippen LogP contribution >= 0.6 is 11.3 Å². The molecule has 9 heteroatoms. The molecule has 0 aliphatic heterocycles. The quantitative estimate of drug-likeness (QED) is 0.666. The zero-order valence-corrected chi connectivity index (χ0v) is 11.0. The Kier molecular flexibility index (Phi) is 3.94. The number of thiophene rings is 1. The minimum absolute atomic E-state index is 0.0458. The van der Waals surface area contributed by atoms with Gasteiger partial charge in [0, 0.05) is 11.6 Å². The highest BCUT2D eigenvalue weighted by atomic mass is 32.1. The lowest BCUT2D eigenvalue weighted by molar-refractivity contribution is -0.385. The van der Waals surface area contributed by atoms with Gasteiger partial charge in [0.15, 0.2) is 0 Å². The fourth-order valence-corrected chi connectivity index (χ4v) is 2.27. The number of halogens is 1. The van der Waals surface area contributed by atoms with Crippen molar-refractivity contribution < 1.29 is 24.0 Å². The van der Waals surface area contributed by atoms with Gasteiger partial charge in [0.25, 0.3) is 11.6 Å². The molecule has 2 N–H and O–H groups in total. The van der Waals surface area contributed by atoms with Gasteiger partial charge >= 0.3 is 5.97 Å². The summed E-state index contributed by atoms with van der Waals surface area (Å²) in [6, 6.07) is 3.80. The number of aromatic carboxylic acids is 1. The Morgan fingerprint density at radius 2 is 2.05 bits per heavy atom. The summed E-state index contributed by atoms with van der Waals surface area (Å²) in [5.74, 6) is -2.98. The molecular weight excluding hydrogens is 303 g/mol. The molecule has 0 unspecified atom stereocenters. The summed E-state index contributed by atoms with van der Waals surface area (Å²) in [5.41, 5.74) is -0.794. The Hall–Kier alpha value is -2.81. The van der Waals surface area contributed by atoms with Crippen molar-refractivity contribution >= 4 is 34.6 Å². The summed E-state index contributed by atoms with van der Waals surface area (Å²) in [6.45, 7) is 0. The maximum absolute atomic E-state index is 13.3. The highest BCUT2D eigenvalue weighted by Gasteiger charge is 2.18. The lowest BCUT2D eigenvalue weighted by Gasteiger charge is -2.05. The Balaban J connectivity index is 2.30. The molecule has 1 heterocycles. The Morgan fingerprint density at radius 1 is 1.33 bits per heavy atom. The summed E-state index contributed by atoms with van der Waals surface area (Å²) in [4.78, 5) is 32.5. The molecule has 0 saturated carbocycles. The summed E-state index contributed by atoms with van der Waals surface area (Å²) < 4.78 is 13.3. The van der Waals surface area contributed by atoms with Crippen molar-refractivity contribution in [2.75, 3.05) is 5.32 Å². The van der Waals surface area contributed by atoms with Crippen LogP contribution in [0.15, 0.2) is 29.6 Å². The van der Waals surface area contributed by atoms with E-state index in [2.05, 4.69) is 5.32 Å². The number of nitrogens with zero attached hydrogens (tertiary/aromatic N) is 1. The number of benzene rings is 1. The number of carbonyl (C=O) groups excluding carboxylic acids is 1. The maximum atomic E-state index is 13.3. The topological polar surface area (TPSA) is 110 Å². The maximum Gasteiger partial charge on any atom is 0.348 e. The van der Waals surface area contributed by atoms with Crippen LogP contribution in [-0.2, 0) is 0 Å². The Labute approximate surface area is 120 Å². The molecule has 1 aromatic heterocycles. The molecule has 2 rings (SSSR count). The first kappa shape index (κ1) is 14.6. The third-order valence-electron chi connectivity index (χ3n) is 2.46. The summed E-state index contributed by atoms with van der Waals surface area (Å²) in [6.07, 6.45) is 0. The van der Waals surface area contributed by atoms with Crippen molar-refractivity contribution in [1.82, 2.24) is 0 Å².